The predicted octanol–water partition coefficient (Wildman–Crippen LogP) is 2.39. The van der Waals surface area contributed by atoms with E-state index < -0.39 is 22.0 Å². The molecule has 0 amide bonds. The van der Waals surface area contributed by atoms with Crippen LogP contribution in [0.4, 0.5) is 5.69 Å². The van der Waals surface area contributed by atoms with Crippen LogP contribution in [-0.4, -0.2) is 51.6 Å². The summed E-state index contributed by atoms with van der Waals surface area (Å²) in [4.78, 5) is 13.4. The largest absolute Gasteiger partial charge is 0.480 e. The molecule has 0 saturated carbocycles. The molecule has 2 aromatic rings. The fraction of sp³-hybridized carbons (Fsp3) is 0.353. The highest BCUT2D eigenvalue weighted by molar-refractivity contribution is 7.98. The van der Waals surface area contributed by atoms with Crippen molar-refractivity contribution >= 4 is 44.2 Å². The lowest BCUT2D eigenvalue weighted by Gasteiger charge is -2.18. The first-order valence-electron chi connectivity index (χ1n) is 7.71. The molecule has 1 atom stereocenters. The third kappa shape index (κ3) is 4.45. The van der Waals surface area contributed by atoms with Crippen molar-refractivity contribution in [2.45, 2.75) is 17.4 Å². The van der Waals surface area contributed by atoms with Crippen LogP contribution in [0.3, 0.4) is 0 Å². The first kappa shape index (κ1) is 19.6. The summed E-state index contributed by atoms with van der Waals surface area (Å²) in [6.07, 6.45) is 2.07. The zero-order valence-corrected chi connectivity index (χ0v) is 16.0. The highest BCUT2D eigenvalue weighted by Crippen LogP contribution is 2.30. The topological polar surface area (TPSA) is 86.7 Å². The highest BCUT2D eigenvalue weighted by Gasteiger charge is 2.26. The van der Waals surface area contributed by atoms with Crippen LogP contribution in [0.25, 0.3) is 10.8 Å². The lowest BCUT2D eigenvalue weighted by atomic mass is 10.1. The average molecular weight is 383 g/mol. The Hall–Kier alpha value is -1.77. The van der Waals surface area contributed by atoms with Gasteiger partial charge in [0.15, 0.2) is 0 Å². The molecule has 0 aliphatic rings. The molecule has 0 heterocycles. The third-order valence-electron chi connectivity index (χ3n) is 3.84. The van der Waals surface area contributed by atoms with Gasteiger partial charge in [-0.2, -0.15) is 16.5 Å². The zero-order chi connectivity index (χ0) is 18.6. The Balaban J connectivity index is 2.49. The van der Waals surface area contributed by atoms with Gasteiger partial charge in [-0.05, 0) is 30.6 Å². The summed E-state index contributed by atoms with van der Waals surface area (Å²) in [5.74, 6) is -0.619. The molecule has 25 heavy (non-hydrogen) atoms. The number of carboxylic acids is 1. The summed E-state index contributed by atoms with van der Waals surface area (Å²) in [5, 5.41) is 10.7. The number of rotatable bonds is 8. The van der Waals surface area contributed by atoms with Crippen LogP contribution in [0, 0.1) is 0 Å². The molecule has 0 bridgehead atoms. The van der Waals surface area contributed by atoms with Crippen LogP contribution in [0.2, 0.25) is 0 Å². The van der Waals surface area contributed by atoms with Crippen LogP contribution in [0.15, 0.2) is 41.3 Å². The number of hydrogen-bond acceptors (Lipinski definition) is 5. The minimum atomic E-state index is -3.96. The van der Waals surface area contributed by atoms with Crippen LogP contribution in [-0.2, 0) is 14.8 Å². The molecule has 0 aliphatic heterocycles. The van der Waals surface area contributed by atoms with Crippen molar-refractivity contribution in [2.24, 2.45) is 0 Å². The van der Waals surface area contributed by atoms with E-state index >= 15 is 0 Å². The molecule has 136 valence electrons. The second kappa shape index (κ2) is 8.07. The van der Waals surface area contributed by atoms with E-state index in [0.717, 1.165) is 11.1 Å². The van der Waals surface area contributed by atoms with Crippen molar-refractivity contribution in [2.75, 3.05) is 31.0 Å². The molecule has 2 aromatic carbocycles. The minimum Gasteiger partial charge on any atom is -0.480 e. The normalized spacial score (nSPS) is 12.9. The lowest BCUT2D eigenvalue weighted by Crippen LogP contribution is -2.41. The molecule has 0 spiro atoms. The summed E-state index contributed by atoms with van der Waals surface area (Å²) >= 11 is 1.47. The number of carboxylic acid groups (broad SMARTS) is 1. The number of thioether (sulfide) groups is 1. The number of fused-ring (bicyclic) bond motifs is 1. The molecular formula is C17H22N2O4S2. The maximum atomic E-state index is 12.8. The summed E-state index contributed by atoms with van der Waals surface area (Å²) in [5.41, 5.74) is 0.895. The van der Waals surface area contributed by atoms with Crippen LogP contribution >= 0.6 is 11.8 Å². The van der Waals surface area contributed by atoms with E-state index in [0.29, 0.717) is 11.1 Å². The van der Waals surface area contributed by atoms with Crippen LogP contribution in [0.5, 0.6) is 0 Å². The zero-order valence-electron chi connectivity index (χ0n) is 14.4. The van der Waals surface area contributed by atoms with Crippen molar-refractivity contribution < 1.29 is 18.3 Å². The number of carbonyl (C=O) groups is 1. The summed E-state index contributed by atoms with van der Waals surface area (Å²) in [6.45, 7) is 0. The van der Waals surface area contributed by atoms with E-state index in [-0.39, 0.29) is 11.3 Å². The van der Waals surface area contributed by atoms with Crippen molar-refractivity contribution in [1.82, 2.24) is 4.72 Å². The third-order valence-corrected chi connectivity index (χ3v) is 6.01. The Kier molecular flexibility index (Phi) is 6.31. The van der Waals surface area contributed by atoms with Gasteiger partial charge in [0.1, 0.15) is 6.04 Å². The molecule has 8 heteroatoms. The molecule has 2 N–H and O–H groups in total. The van der Waals surface area contributed by atoms with Gasteiger partial charge in [-0.3, -0.25) is 4.79 Å². The first-order chi connectivity index (χ1) is 11.8. The van der Waals surface area contributed by atoms with Gasteiger partial charge in [0.05, 0.1) is 4.90 Å². The van der Waals surface area contributed by atoms with E-state index in [4.69, 9.17) is 0 Å². The van der Waals surface area contributed by atoms with E-state index in [9.17, 15) is 18.3 Å². The van der Waals surface area contributed by atoms with Crippen molar-refractivity contribution in [3.05, 3.63) is 36.4 Å². The number of nitrogens with one attached hydrogen (secondary N) is 1. The van der Waals surface area contributed by atoms with Crippen molar-refractivity contribution in [1.29, 1.82) is 0 Å². The van der Waals surface area contributed by atoms with E-state index in [1.165, 1.54) is 17.8 Å². The number of nitrogens with zero attached hydrogens (tertiary/aromatic N) is 1. The smallest absolute Gasteiger partial charge is 0.321 e. The predicted molar refractivity (Wildman–Crippen MR) is 103 cm³/mol. The summed E-state index contributed by atoms with van der Waals surface area (Å²) in [7, 11) is -0.191. The molecule has 0 aliphatic carbocycles. The highest BCUT2D eigenvalue weighted by atomic mass is 32.2. The second-order valence-electron chi connectivity index (χ2n) is 5.82. The standard InChI is InChI=1S/C17H22N2O4S2/c1-19(2)15-8-4-7-13-12(15)6-5-9-16(13)25(22,23)18-14(17(20)21)10-11-24-3/h4-9,14,18H,10-11H2,1-3H3,(H,20,21). The van der Waals surface area contributed by atoms with Gasteiger partial charge in [-0.1, -0.05) is 24.3 Å². The van der Waals surface area contributed by atoms with E-state index in [1.54, 1.807) is 18.2 Å². The monoisotopic (exact) mass is 382 g/mol. The fourth-order valence-corrected chi connectivity index (χ4v) is 4.52. The van der Waals surface area contributed by atoms with Gasteiger partial charge in [-0.15, -0.1) is 0 Å². The van der Waals surface area contributed by atoms with Gasteiger partial charge >= 0.3 is 5.97 Å². The number of hydrogen-bond donors (Lipinski definition) is 2. The van der Waals surface area contributed by atoms with Gasteiger partial charge < -0.3 is 10.0 Å². The van der Waals surface area contributed by atoms with Gasteiger partial charge in [0.2, 0.25) is 10.0 Å². The fourth-order valence-electron chi connectivity index (χ4n) is 2.61. The maximum Gasteiger partial charge on any atom is 0.321 e. The van der Waals surface area contributed by atoms with Crippen LogP contribution < -0.4 is 9.62 Å². The van der Waals surface area contributed by atoms with Crippen molar-refractivity contribution in [3.63, 3.8) is 0 Å². The Morgan fingerprint density at radius 2 is 1.84 bits per heavy atom. The molecule has 2 rings (SSSR count). The van der Waals surface area contributed by atoms with Gasteiger partial charge in [-0.25, -0.2) is 8.42 Å². The maximum absolute atomic E-state index is 12.8. The molecular weight excluding hydrogens is 360 g/mol. The Bertz CT molecular complexity index is 866. The molecule has 0 saturated heterocycles. The average Bonchev–Trinajstić information content (AvgIpc) is 2.57. The molecule has 6 nitrogen and oxygen atoms in total. The molecule has 0 radical (unpaired) electrons. The minimum absolute atomic E-state index is 0.0871. The number of benzene rings is 2. The Labute approximate surface area is 152 Å². The van der Waals surface area contributed by atoms with Gasteiger partial charge in [0.25, 0.3) is 0 Å². The summed E-state index contributed by atoms with van der Waals surface area (Å²) < 4.78 is 28.0. The van der Waals surface area contributed by atoms with Crippen LogP contribution in [0.1, 0.15) is 6.42 Å². The Morgan fingerprint density at radius 3 is 2.44 bits per heavy atom. The lowest BCUT2D eigenvalue weighted by molar-refractivity contribution is -0.139. The van der Waals surface area contributed by atoms with E-state index in [2.05, 4.69) is 4.72 Å². The Morgan fingerprint density at radius 1 is 1.20 bits per heavy atom. The molecule has 0 aromatic heterocycles. The number of sulfonamides is 1. The van der Waals surface area contributed by atoms with Crippen molar-refractivity contribution in [3.8, 4) is 0 Å². The summed E-state index contributed by atoms with van der Waals surface area (Å²) in [6, 6.07) is 9.30. The SMILES string of the molecule is CSCCC(NS(=O)(=O)c1cccc2c(N(C)C)cccc12)C(=O)O. The number of aliphatic carboxylic acids is 1. The quantitative estimate of drug-likeness (QED) is 0.729. The van der Waals surface area contributed by atoms with Gasteiger partial charge in [0, 0.05) is 30.6 Å². The number of anilines is 1. The first-order valence-corrected chi connectivity index (χ1v) is 10.6. The van der Waals surface area contributed by atoms with E-state index in [1.807, 2.05) is 37.4 Å². The second-order valence-corrected chi connectivity index (χ2v) is 8.48. The molecule has 0 fully saturated rings. The molecule has 1 unspecified atom stereocenters.